The first kappa shape index (κ1) is 19.9. The number of carbonyl (C=O) groups is 1. The van der Waals surface area contributed by atoms with Gasteiger partial charge < -0.3 is 24.8 Å². The lowest BCUT2D eigenvalue weighted by Gasteiger charge is -2.22. The Bertz CT molecular complexity index is 791. The normalized spacial score (nSPS) is 15.7. The van der Waals surface area contributed by atoms with Gasteiger partial charge in [-0.05, 0) is 50.6 Å². The first-order valence-electron chi connectivity index (χ1n) is 9.30. The fourth-order valence-corrected chi connectivity index (χ4v) is 3.34. The molecule has 2 heterocycles. The summed E-state index contributed by atoms with van der Waals surface area (Å²) in [7, 11) is 4.67. The number of nitrogens with zero attached hydrogens (tertiary/aromatic N) is 3. The quantitative estimate of drug-likeness (QED) is 0.744. The van der Waals surface area contributed by atoms with E-state index in [0.29, 0.717) is 22.9 Å². The van der Waals surface area contributed by atoms with Crippen molar-refractivity contribution in [1.82, 2.24) is 25.6 Å². The van der Waals surface area contributed by atoms with E-state index in [-0.39, 0.29) is 18.0 Å². The van der Waals surface area contributed by atoms with Crippen LogP contribution in [0.25, 0.3) is 0 Å². The smallest absolute Gasteiger partial charge is 0.273 e. The highest BCUT2D eigenvalue weighted by Gasteiger charge is 2.21. The average Bonchev–Trinajstić information content (AvgIpc) is 3.23. The number of piperidine rings is 1. The Balaban J connectivity index is 1.73. The van der Waals surface area contributed by atoms with Crippen molar-refractivity contribution in [2.24, 2.45) is 0 Å². The van der Waals surface area contributed by atoms with Gasteiger partial charge in [0.1, 0.15) is 0 Å². The van der Waals surface area contributed by atoms with E-state index in [0.717, 1.165) is 31.5 Å². The first-order valence-corrected chi connectivity index (χ1v) is 9.30. The molecule has 1 aliphatic rings. The Labute approximate surface area is 164 Å². The Morgan fingerprint density at radius 2 is 1.82 bits per heavy atom. The Morgan fingerprint density at radius 1 is 1.18 bits per heavy atom. The molecule has 2 aromatic rings. The molecule has 1 atom stereocenters. The van der Waals surface area contributed by atoms with Crippen LogP contribution in [0.4, 0.5) is 0 Å². The first-order chi connectivity index (χ1) is 13.6. The maximum atomic E-state index is 12.6. The average molecular weight is 389 g/mol. The van der Waals surface area contributed by atoms with Crippen molar-refractivity contribution in [2.45, 2.75) is 31.8 Å². The molecule has 0 aliphatic carbocycles. The van der Waals surface area contributed by atoms with E-state index >= 15 is 0 Å². The van der Waals surface area contributed by atoms with Crippen LogP contribution in [0.1, 0.15) is 47.9 Å². The predicted octanol–water partition coefficient (Wildman–Crippen LogP) is 1.72. The van der Waals surface area contributed by atoms with Crippen LogP contribution in [-0.2, 0) is 0 Å². The van der Waals surface area contributed by atoms with Crippen molar-refractivity contribution in [3.05, 3.63) is 29.6 Å². The van der Waals surface area contributed by atoms with Gasteiger partial charge in [0, 0.05) is 0 Å². The maximum Gasteiger partial charge on any atom is 0.273 e. The van der Waals surface area contributed by atoms with Gasteiger partial charge in [0.25, 0.3) is 5.91 Å². The summed E-state index contributed by atoms with van der Waals surface area (Å²) < 4.78 is 17.9. The van der Waals surface area contributed by atoms with Crippen molar-refractivity contribution in [2.75, 3.05) is 34.4 Å². The maximum absolute atomic E-state index is 12.6. The lowest BCUT2D eigenvalue weighted by Crippen LogP contribution is -2.29. The van der Waals surface area contributed by atoms with Crippen LogP contribution in [0.5, 0.6) is 17.2 Å². The number of benzene rings is 1. The van der Waals surface area contributed by atoms with Crippen molar-refractivity contribution in [3.8, 4) is 17.2 Å². The van der Waals surface area contributed by atoms with Crippen molar-refractivity contribution in [1.29, 1.82) is 0 Å². The molecule has 1 unspecified atom stereocenters. The molecular formula is C19H27N5O4. The van der Waals surface area contributed by atoms with Crippen LogP contribution in [0, 0.1) is 0 Å². The van der Waals surface area contributed by atoms with E-state index in [1.165, 1.54) is 0 Å². The lowest BCUT2D eigenvalue weighted by atomic mass is 10.1. The van der Waals surface area contributed by atoms with Gasteiger partial charge in [-0.15, -0.1) is 5.10 Å². The summed E-state index contributed by atoms with van der Waals surface area (Å²) in [5.41, 5.74) is 1.13. The summed E-state index contributed by atoms with van der Waals surface area (Å²) in [5, 5.41) is 14.4. The summed E-state index contributed by atoms with van der Waals surface area (Å²) in [6, 6.07) is 3.63. The van der Waals surface area contributed by atoms with Crippen LogP contribution >= 0.6 is 0 Å². The number of nitrogens with one attached hydrogen (secondary N) is 2. The molecule has 0 radical (unpaired) electrons. The van der Waals surface area contributed by atoms with Crippen LogP contribution in [0.2, 0.25) is 0 Å². The molecule has 0 bridgehead atoms. The zero-order chi connectivity index (χ0) is 20.1. The summed E-state index contributed by atoms with van der Waals surface area (Å²) in [5.74, 6) is 1.31. The molecule has 0 spiro atoms. The monoisotopic (exact) mass is 389 g/mol. The highest BCUT2D eigenvalue weighted by molar-refractivity contribution is 5.92. The molecule has 9 heteroatoms. The molecule has 1 aromatic carbocycles. The van der Waals surface area contributed by atoms with E-state index in [1.54, 1.807) is 32.2 Å². The predicted molar refractivity (Wildman–Crippen MR) is 103 cm³/mol. The number of ether oxygens (including phenoxy) is 3. The molecule has 3 rings (SSSR count). The fraction of sp³-hybridized carbons (Fsp3) is 0.526. The number of hydrogen-bond donors (Lipinski definition) is 2. The molecule has 9 nitrogen and oxygen atoms in total. The van der Waals surface area contributed by atoms with Crippen LogP contribution < -0.4 is 24.8 Å². The number of rotatable bonds is 7. The standard InChI is InChI=1S/C19H27N5O4/c1-12(13-9-16(26-2)18(28-4)17(10-13)27-3)21-19(25)15-11-24(23-22-15)14-5-7-20-8-6-14/h9-12,14,20H,5-8H2,1-4H3,(H,21,25). The highest BCUT2D eigenvalue weighted by Crippen LogP contribution is 2.39. The van der Waals surface area contributed by atoms with Gasteiger partial charge in [-0.2, -0.15) is 0 Å². The fourth-order valence-electron chi connectivity index (χ4n) is 3.34. The third kappa shape index (κ3) is 4.19. The highest BCUT2D eigenvalue weighted by atomic mass is 16.5. The molecular weight excluding hydrogens is 362 g/mol. The molecule has 152 valence electrons. The lowest BCUT2D eigenvalue weighted by molar-refractivity contribution is 0.0934. The third-order valence-electron chi connectivity index (χ3n) is 4.96. The second-order valence-electron chi connectivity index (χ2n) is 6.72. The minimum atomic E-state index is -0.287. The second kappa shape index (κ2) is 8.92. The molecule has 1 fully saturated rings. The van der Waals surface area contributed by atoms with Crippen molar-refractivity contribution >= 4 is 5.91 Å². The van der Waals surface area contributed by atoms with Crippen LogP contribution in [0.15, 0.2) is 18.3 Å². The molecule has 1 aliphatic heterocycles. The number of aromatic nitrogens is 3. The van der Waals surface area contributed by atoms with Gasteiger partial charge in [-0.3, -0.25) is 4.79 Å². The SMILES string of the molecule is COc1cc(C(C)NC(=O)c2cn(C3CCNCC3)nn2)cc(OC)c1OC. The topological polar surface area (TPSA) is 99.5 Å². The molecule has 28 heavy (non-hydrogen) atoms. The van der Waals surface area contributed by atoms with Gasteiger partial charge in [0.05, 0.1) is 39.6 Å². The van der Waals surface area contributed by atoms with E-state index in [4.69, 9.17) is 14.2 Å². The zero-order valence-electron chi connectivity index (χ0n) is 16.7. The Hall–Kier alpha value is -2.81. The molecule has 0 saturated carbocycles. The van der Waals surface area contributed by atoms with Gasteiger partial charge in [0.2, 0.25) is 5.75 Å². The summed E-state index contributed by atoms with van der Waals surface area (Å²) in [6.07, 6.45) is 3.67. The largest absolute Gasteiger partial charge is 0.493 e. The van der Waals surface area contributed by atoms with Crippen LogP contribution in [0.3, 0.4) is 0 Å². The number of methoxy groups -OCH3 is 3. The number of amides is 1. The number of carbonyl (C=O) groups excluding carboxylic acids is 1. The van der Waals surface area contributed by atoms with Gasteiger partial charge in [-0.1, -0.05) is 5.21 Å². The van der Waals surface area contributed by atoms with Gasteiger partial charge in [-0.25, -0.2) is 4.68 Å². The number of hydrogen-bond acceptors (Lipinski definition) is 7. The van der Waals surface area contributed by atoms with E-state index < -0.39 is 0 Å². The van der Waals surface area contributed by atoms with Crippen molar-refractivity contribution in [3.63, 3.8) is 0 Å². The Kier molecular flexibility index (Phi) is 6.35. The van der Waals surface area contributed by atoms with Gasteiger partial charge in [0.15, 0.2) is 17.2 Å². The third-order valence-corrected chi connectivity index (χ3v) is 4.96. The zero-order valence-corrected chi connectivity index (χ0v) is 16.7. The summed E-state index contributed by atoms with van der Waals surface area (Å²) in [4.78, 5) is 12.6. The molecule has 2 N–H and O–H groups in total. The minimum absolute atomic E-state index is 0.276. The summed E-state index contributed by atoms with van der Waals surface area (Å²) in [6.45, 7) is 3.78. The molecule has 1 aromatic heterocycles. The summed E-state index contributed by atoms with van der Waals surface area (Å²) >= 11 is 0. The Morgan fingerprint density at radius 3 is 2.39 bits per heavy atom. The minimum Gasteiger partial charge on any atom is -0.493 e. The van der Waals surface area contributed by atoms with Crippen LogP contribution in [-0.4, -0.2) is 55.3 Å². The van der Waals surface area contributed by atoms with Crippen molar-refractivity contribution < 1.29 is 19.0 Å². The molecule has 1 saturated heterocycles. The van der Waals surface area contributed by atoms with E-state index in [9.17, 15) is 4.79 Å². The van der Waals surface area contributed by atoms with Gasteiger partial charge >= 0.3 is 0 Å². The second-order valence-corrected chi connectivity index (χ2v) is 6.72. The van der Waals surface area contributed by atoms with E-state index in [1.807, 2.05) is 19.1 Å². The molecule has 1 amide bonds. The van der Waals surface area contributed by atoms with E-state index in [2.05, 4.69) is 20.9 Å².